The zero-order chi connectivity index (χ0) is 15.7. The van der Waals surface area contributed by atoms with Crippen molar-refractivity contribution < 1.29 is 5.11 Å². The van der Waals surface area contributed by atoms with Crippen LogP contribution in [0.25, 0.3) is 11.0 Å². The zero-order valence-corrected chi connectivity index (χ0v) is 14.5. The summed E-state index contributed by atoms with van der Waals surface area (Å²) in [5, 5.41) is 14.7. The van der Waals surface area contributed by atoms with Crippen molar-refractivity contribution in [3.05, 3.63) is 29.0 Å². The molecule has 0 radical (unpaired) electrons. The molecule has 0 saturated carbocycles. The molecule has 1 aliphatic heterocycles. The number of aromatic nitrogens is 2. The molecular formula is C16H22ClN3OS. The molecule has 1 atom stereocenters. The molecule has 6 heteroatoms. The molecule has 0 bridgehead atoms. The molecule has 2 aromatic rings. The first kappa shape index (κ1) is 16.1. The van der Waals surface area contributed by atoms with E-state index >= 15 is 0 Å². The minimum atomic E-state index is -0.576. The summed E-state index contributed by atoms with van der Waals surface area (Å²) in [4.78, 5) is 4.69. The van der Waals surface area contributed by atoms with Gasteiger partial charge in [-0.3, -0.25) is 0 Å². The Kier molecular flexibility index (Phi) is 4.69. The Balaban J connectivity index is 1.74. The van der Waals surface area contributed by atoms with E-state index in [1.54, 1.807) is 0 Å². The number of nitrogens with one attached hydrogen (secondary N) is 1. The van der Waals surface area contributed by atoms with Gasteiger partial charge >= 0.3 is 0 Å². The van der Waals surface area contributed by atoms with Crippen molar-refractivity contribution >= 4 is 34.4 Å². The highest BCUT2D eigenvalue weighted by molar-refractivity contribution is 7.99. The number of hydrogen-bond donors (Lipinski definition) is 2. The minimum Gasteiger partial charge on any atom is -0.389 e. The van der Waals surface area contributed by atoms with Crippen molar-refractivity contribution in [3.63, 3.8) is 0 Å². The van der Waals surface area contributed by atoms with Gasteiger partial charge in [-0.25, -0.2) is 4.98 Å². The third kappa shape index (κ3) is 3.27. The molecule has 120 valence electrons. The number of nitrogens with zero attached hydrogens (tertiary/aromatic N) is 2. The summed E-state index contributed by atoms with van der Waals surface area (Å²) < 4.78 is 2.09. The number of aryl methyl sites for hydroxylation is 1. The van der Waals surface area contributed by atoms with Gasteiger partial charge in [-0.15, -0.1) is 0 Å². The van der Waals surface area contributed by atoms with Gasteiger partial charge in [-0.1, -0.05) is 11.6 Å². The highest BCUT2D eigenvalue weighted by Crippen LogP contribution is 2.27. The molecule has 3 rings (SSSR count). The highest BCUT2D eigenvalue weighted by Gasteiger charge is 2.30. The Bertz CT molecular complexity index is 667. The molecule has 0 aliphatic carbocycles. The molecule has 1 aromatic heterocycles. The van der Waals surface area contributed by atoms with Gasteiger partial charge in [0.2, 0.25) is 0 Å². The van der Waals surface area contributed by atoms with Crippen LogP contribution >= 0.6 is 23.4 Å². The summed E-state index contributed by atoms with van der Waals surface area (Å²) in [5.74, 6) is 3.04. The van der Waals surface area contributed by atoms with E-state index in [1.807, 2.05) is 37.0 Å². The monoisotopic (exact) mass is 339 g/mol. The number of imidazole rings is 1. The van der Waals surface area contributed by atoms with Crippen molar-refractivity contribution in [2.24, 2.45) is 7.05 Å². The fourth-order valence-corrected chi connectivity index (χ4v) is 4.36. The van der Waals surface area contributed by atoms with E-state index in [4.69, 9.17) is 11.6 Å². The van der Waals surface area contributed by atoms with E-state index in [0.29, 0.717) is 11.6 Å². The second-order valence-electron chi connectivity index (χ2n) is 6.10. The van der Waals surface area contributed by atoms with Crippen LogP contribution in [0.5, 0.6) is 0 Å². The summed E-state index contributed by atoms with van der Waals surface area (Å²) in [6.07, 6.45) is 1.71. The summed E-state index contributed by atoms with van der Waals surface area (Å²) >= 11 is 7.96. The van der Waals surface area contributed by atoms with Crippen LogP contribution in [-0.2, 0) is 7.05 Å². The molecule has 1 fully saturated rings. The topological polar surface area (TPSA) is 50.1 Å². The van der Waals surface area contributed by atoms with Crippen LogP contribution in [-0.4, -0.2) is 38.3 Å². The molecular weight excluding hydrogens is 318 g/mol. The number of halogens is 1. The van der Waals surface area contributed by atoms with Gasteiger partial charge in [0.1, 0.15) is 5.82 Å². The first-order chi connectivity index (χ1) is 10.5. The SMILES string of the molecule is CC(NCC1(O)CCSCC1)c1nc2cc(Cl)ccc2n1C. The lowest BCUT2D eigenvalue weighted by atomic mass is 9.96. The Morgan fingerprint density at radius 1 is 1.45 bits per heavy atom. The lowest BCUT2D eigenvalue weighted by Gasteiger charge is -2.33. The van der Waals surface area contributed by atoms with E-state index < -0.39 is 5.60 Å². The normalized spacial score (nSPS) is 19.5. The van der Waals surface area contributed by atoms with Crippen LogP contribution in [0.15, 0.2) is 18.2 Å². The predicted octanol–water partition coefficient (Wildman–Crippen LogP) is 3.14. The van der Waals surface area contributed by atoms with Crippen LogP contribution in [0.4, 0.5) is 0 Å². The second kappa shape index (κ2) is 6.40. The van der Waals surface area contributed by atoms with E-state index in [0.717, 1.165) is 41.2 Å². The first-order valence-electron chi connectivity index (χ1n) is 7.64. The minimum absolute atomic E-state index is 0.0785. The third-order valence-electron chi connectivity index (χ3n) is 4.43. The Hall–Kier alpha value is -0.750. The second-order valence-corrected chi connectivity index (χ2v) is 7.76. The van der Waals surface area contributed by atoms with Gasteiger partial charge in [0.15, 0.2) is 0 Å². The molecule has 1 saturated heterocycles. The van der Waals surface area contributed by atoms with Crippen LogP contribution in [0.1, 0.15) is 31.6 Å². The average Bonchev–Trinajstić information content (AvgIpc) is 2.82. The molecule has 0 spiro atoms. The van der Waals surface area contributed by atoms with Crippen molar-refractivity contribution in [3.8, 4) is 0 Å². The number of hydrogen-bond acceptors (Lipinski definition) is 4. The van der Waals surface area contributed by atoms with Gasteiger partial charge in [0.25, 0.3) is 0 Å². The molecule has 2 N–H and O–H groups in total. The third-order valence-corrected chi connectivity index (χ3v) is 5.65. The summed E-state index contributed by atoms with van der Waals surface area (Å²) in [6.45, 7) is 2.70. The van der Waals surface area contributed by atoms with E-state index in [1.165, 1.54) is 0 Å². The lowest BCUT2D eigenvalue weighted by Crippen LogP contribution is -2.44. The maximum absolute atomic E-state index is 10.6. The van der Waals surface area contributed by atoms with Gasteiger partial charge in [0, 0.05) is 18.6 Å². The number of thioether (sulfide) groups is 1. The quantitative estimate of drug-likeness (QED) is 0.898. The summed E-state index contributed by atoms with van der Waals surface area (Å²) in [7, 11) is 2.02. The average molecular weight is 340 g/mol. The first-order valence-corrected chi connectivity index (χ1v) is 9.17. The largest absolute Gasteiger partial charge is 0.389 e. The lowest BCUT2D eigenvalue weighted by molar-refractivity contribution is 0.0297. The molecule has 1 unspecified atom stereocenters. The van der Waals surface area contributed by atoms with E-state index in [2.05, 4.69) is 21.8 Å². The van der Waals surface area contributed by atoms with Gasteiger partial charge in [-0.05, 0) is 49.5 Å². The molecule has 1 aliphatic rings. The number of aliphatic hydroxyl groups is 1. The summed E-state index contributed by atoms with van der Waals surface area (Å²) in [5.41, 5.74) is 1.40. The Morgan fingerprint density at radius 2 is 2.18 bits per heavy atom. The molecule has 4 nitrogen and oxygen atoms in total. The van der Waals surface area contributed by atoms with Gasteiger partial charge < -0.3 is 15.0 Å². The number of benzene rings is 1. The number of rotatable bonds is 4. The summed E-state index contributed by atoms with van der Waals surface area (Å²) in [6, 6.07) is 5.84. The van der Waals surface area contributed by atoms with Crippen molar-refractivity contribution in [2.45, 2.75) is 31.4 Å². The molecule has 1 aromatic carbocycles. The fourth-order valence-electron chi connectivity index (χ4n) is 2.94. The van der Waals surface area contributed by atoms with Gasteiger partial charge in [0.05, 0.1) is 22.7 Å². The van der Waals surface area contributed by atoms with E-state index in [9.17, 15) is 5.11 Å². The molecule has 2 heterocycles. The van der Waals surface area contributed by atoms with E-state index in [-0.39, 0.29) is 6.04 Å². The van der Waals surface area contributed by atoms with Gasteiger partial charge in [-0.2, -0.15) is 11.8 Å². The Morgan fingerprint density at radius 3 is 2.91 bits per heavy atom. The maximum atomic E-state index is 10.6. The van der Waals surface area contributed by atoms with Crippen molar-refractivity contribution in [1.82, 2.24) is 14.9 Å². The standard InChI is InChI=1S/C16H22ClN3OS/c1-11(18-10-16(21)5-7-22-8-6-16)15-19-13-9-12(17)3-4-14(13)20(15)2/h3-4,9,11,18,21H,5-8,10H2,1-2H3. The highest BCUT2D eigenvalue weighted by atomic mass is 35.5. The molecule has 0 amide bonds. The molecule has 22 heavy (non-hydrogen) atoms. The van der Waals surface area contributed by atoms with Crippen LogP contribution in [0, 0.1) is 0 Å². The van der Waals surface area contributed by atoms with Crippen LogP contribution < -0.4 is 5.32 Å². The van der Waals surface area contributed by atoms with Crippen molar-refractivity contribution in [1.29, 1.82) is 0 Å². The van der Waals surface area contributed by atoms with Crippen LogP contribution in [0.3, 0.4) is 0 Å². The van der Waals surface area contributed by atoms with Crippen molar-refractivity contribution in [2.75, 3.05) is 18.1 Å². The predicted molar refractivity (Wildman–Crippen MR) is 93.7 cm³/mol. The smallest absolute Gasteiger partial charge is 0.126 e. The van der Waals surface area contributed by atoms with Crippen LogP contribution in [0.2, 0.25) is 5.02 Å². The fraction of sp³-hybridized carbons (Fsp3) is 0.562. The Labute approximate surface area is 140 Å². The number of fused-ring (bicyclic) bond motifs is 1. The zero-order valence-electron chi connectivity index (χ0n) is 13.0. The maximum Gasteiger partial charge on any atom is 0.126 e.